The smallest absolute Gasteiger partial charge is 0.264 e. The monoisotopic (exact) mass is 393 g/mol. The van der Waals surface area contributed by atoms with Gasteiger partial charge in [-0.15, -0.1) is 0 Å². The van der Waals surface area contributed by atoms with Gasteiger partial charge < -0.3 is 0 Å². The first-order chi connectivity index (χ1) is 13.3. The Labute approximate surface area is 166 Å². The van der Waals surface area contributed by atoms with Crippen molar-refractivity contribution in [1.82, 2.24) is 0 Å². The fourth-order valence-corrected chi connectivity index (χ4v) is 4.95. The highest BCUT2D eigenvalue weighted by molar-refractivity contribution is 7.93. The summed E-state index contributed by atoms with van der Waals surface area (Å²) in [6, 6.07) is 10.3. The third-order valence-corrected chi connectivity index (χ3v) is 6.68. The Morgan fingerprint density at radius 2 is 1.93 bits per heavy atom. The minimum Gasteiger partial charge on any atom is -0.288 e. The number of rotatable bonds is 4. The number of anilines is 1. The predicted octanol–water partition coefficient (Wildman–Crippen LogP) is 4.60. The van der Waals surface area contributed by atoms with Crippen molar-refractivity contribution in [2.45, 2.75) is 25.2 Å². The van der Waals surface area contributed by atoms with E-state index in [1.807, 2.05) is 31.2 Å². The molecule has 4 nitrogen and oxygen atoms in total. The third-order valence-electron chi connectivity index (χ3n) is 4.89. The van der Waals surface area contributed by atoms with E-state index >= 15 is 0 Å². The molecule has 5 heteroatoms. The first kappa shape index (κ1) is 19.8. The summed E-state index contributed by atoms with van der Waals surface area (Å²) in [7, 11) is -2.37. The standard InChI is InChI=1S/C23H23NO3S/c1-5-7-10-17(6-2)14-18-13-16(3)22-21(15-18)28(26,27)24(4)20-12-9-8-11-19(20)23(22)25/h5-13,15H,2,14H2,1,3-4H3/b7-5-,17-10+. The molecule has 28 heavy (non-hydrogen) atoms. The van der Waals surface area contributed by atoms with Crippen LogP contribution in [-0.4, -0.2) is 21.2 Å². The average molecular weight is 394 g/mol. The number of hydrogen-bond donors (Lipinski definition) is 0. The van der Waals surface area contributed by atoms with Crippen molar-refractivity contribution in [3.8, 4) is 0 Å². The molecule has 1 aliphatic heterocycles. The number of aryl methyl sites for hydroxylation is 1. The van der Waals surface area contributed by atoms with E-state index in [0.717, 1.165) is 11.1 Å². The van der Waals surface area contributed by atoms with Crippen LogP contribution in [0.5, 0.6) is 0 Å². The van der Waals surface area contributed by atoms with E-state index in [1.54, 1.807) is 43.3 Å². The highest BCUT2D eigenvalue weighted by atomic mass is 32.2. The van der Waals surface area contributed by atoms with Crippen molar-refractivity contribution in [3.05, 3.63) is 95.1 Å². The van der Waals surface area contributed by atoms with Gasteiger partial charge in [0.1, 0.15) is 0 Å². The minimum absolute atomic E-state index is 0.0562. The number of sulfonamides is 1. The lowest BCUT2D eigenvalue weighted by atomic mass is 9.94. The van der Waals surface area contributed by atoms with E-state index in [0.29, 0.717) is 23.2 Å². The van der Waals surface area contributed by atoms with Crippen LogP contribution >= 0.6 is 0 Å². The molecular formula is C23H23NO3S. The number of allylic oxidation sites excluding steroid dienone is 5. The molecule has 1 aliphatic rings. The number of fused-ring (bicyclic) bond motifs is 2. The summed E-state index contributed by atoms with van der Waals surface area (Å²) in [5.41, 5.74) is 3.47. The van der Waals surface area contributed by atoms with Gasteiger partial charge in [0.2, 0.25) is 0 Å². The van der Waals surface area contributed by atoms with Crippen molar-refractivity contribution in [2.75, 3.05) is 11.4 Å². The minimum atomic E-state index is -3.85. The highest BCUT2D eigenvalue weighted by Crippen LogP contribution is 2.36. The molecule has 0 atom stereocenters. The second kappa shape index (κ2) is 7.60. The number of carbonyl (C=O) groups is 1. The SMILES string of the molecule is C=C/C(=C\C=C/C)Cc1cc(C)c2c(c1)S(=O)(=O)N(C)c1ccccc1C2=O. The van der Waals surface area contributed by atoms with Crippen molar-refractivity contribution in [3.63, 3.8) is 0 Å². The zero-order valence-corrected chi connectivity index (χ0v) is 17.1. The molecule has 0 aliphatic carbocycles. The molecule has 0 unspecified atom stereocenters. The fraction of sp³-hybridized carbons (Fsp3) is 0.174. The maximum absolute atomic E-state index is 13.3. The summed E-state index contributed by atoms with van der Waals surface area (Å²) in [5.74, 6) is -0.268. The third kappa shape index (κ3) is 3.34. The number of carbonyl (C=O) groups excluding carboxylic acids is 1. The van der Waals surface area contributed by atoms with Crippen LogP contribution in [-0.2, 0) is 16.4 Å². The topological polar surface area (TPSA) is 54.5 Å². The van der Waals surface area contributed by atoms with Crippen molar-refractivity contribution in [1.29, 1.82) is 0 Å². The molecule has 0 radical (unpaired) electrons. The van der Waals surface area contributed by atoms with Crippen LogP contribution in [0.3, 0.4) is 0 Å². The Kier molecular flexibility index (Phi) is 5.38. The van der Waals surface area contributed by atoms with Gasteiger partial charge in [0.05, 0.1) is 10.6 Å². The van der Waals surface area contributed by atoms with Crippen molar-refractivity contribution in [2.24, 2.45) is 0 Å². The summed E-state index contributed by atoms with van der Waals surface area (Å²) in [6.07, 6.45) is 8.06. The molecule has 0 N–H and O–H groups in total. The van der Waals surface area contributed by atoms with E-state index in [-0.39, 0.29) is 16.2 Å². The van der Waals surface area contributed by atoms with Gasteiger partial charge in [0, 0.05) is 18.2 Å². The van der Waals surface area contributed by atoms with Gasteiger partial charge in [0.25, 0.3) is 10.0 Å². The molecule has 0 spiro atoms. The average Bonchev–Trinajstić information content (AvgIpc) is 2.74. The number of para-hydroxylation sites is 1. The quantitative estimate of drug-likeness (QED) is 0.714. The van der Waals surface area contributed by atoms with E-state index < -0.39 is 10.0 Å². The van der Waals surface area contributed by atoms with E-state index in [1.165, 1.54) is 11.4 Å². The van der Waals surface area contributed by atoms with Crippen LogP contribution in [0.1, 0.15) is 34.0 Å². The van der Waals surface area contributed by atoms with E-state index in [4.69, 9.17) is 0 Å². The van der Waals surface area contributed by atoms with Crippen LogP contribution in [0.4, 0.5) is 5.69 Å². The first-order valence-corrected chi connectivity index (χ1v) is 10.5. The van der Waals surface area contributed by atoms with Gasteiger partial charge in [-0.2, -0.15) is 0 Å². The zero-order valence-electron chi connectivity index (χ0n) is 16.3. The molecule has 0 fully saturated rings. The van der Waals surface area contributed by atoms with Gasteiger partial charge in [-0.25, -0.2) is 8.42 Å². The van der Waals surface area contributed by atoms with Crippen LogP contribution in [0.25, 0.3) is 0 Å². The van der Waals surface area contributed by atoms with Gasteiger partial charge >= 0.3 is 0 Å². The van der Waals surface area contributed by atoms with Crippen LogP contribution in [0.15, 0.2) is 77.7 Å². The van der Waals surface area contributed by atoms with E-state index in [2.05, 4.69) is 6.58 Å². The zero-order chi connectivity index (χ0) is 20.5. The maximum Gasteiger partial charge on any atom is 0.264 e. The van der Waals surface area contributed by atoms with Crippen LogP contribution < -0.4 is 4.31 Å². The van der Waals surface area contributed by atoms with E-state index in [9.17, 15) is 13.2 Å². The Morgan fingerprint density at radius 1 is 1.21 bits per heavy atom. The number of hydrogen-bond acceptors (Lipinski definition) is 3. The van der Waals surface area contributed by atoms with Gasteiger partial charge in [-0.1, -0.05) is 49.1 Å². The van der Waals surface area contributed by atoms with Crippen LogP contribution in [0, 0.1) is 6.92 Å². The number of nitrogens with zero attached hydrogens (tertiary/aromatic N) is 1. The highest BCUT2D eigenvalue weighted by Gasteiger charge is 2.35. The summed E-state index contributed by atoms with van der Waals surface area (Å²) >= 11 is 0. The van der Waals surface area contributed by atoms with Gasteiger partial charge in [0.15, 0.2) is 5.78 Å². The molecule has 3 rings (SSSR count). The Morgan fingerprint density at radius 3 is 2.61 bits per heavy atom. The largest absolute Gasteiger partial charge is 0.288 e. The van der Waals surface area contributed by atoms with Gasteiger partial charge in [-0.3, -0.25) is 9.10 Å². The molecule has 0 saturated heterocycles. The second-order valence-corrected chi connectivity index (χ2v) is 8.69. The molecule has 1 heterocycles. The maximum atomic E-state index is 13.3. The molecule has 2 aromatic carbocycles. The number of benzene rings is 2. The predicted molar refractivity (Wildman–Crippen MR) is 113 cm³/mol. The van der Waals surface area contributed by atoms with Crippen LogP contribution in [0.2, 0.25) is 0 Å². The molecule has 0 bridgehead atoms. The lowest BCUT2D eigenvalue weighted by Crippen LogP contribution is -2.26. The lowest BCUT2D eigenvalue weighted by Gasteiger charge is -2.19. The summed E-state index contributed by atoms with van der Waals surface area (Å²) < 4.78 is 27.8. The number of ketones is 1. The Balaban J connectivity index is 2.23. The lowest BCUT2D eigenvalue weighted by molar-refractivity contribution is 0.103. The Bertz CT molecular complexity index is 1120. The molecule has 2 aromatic rings. The molecule has 144 valence electrons. The van der Waals surface area contributed by atoms with Crippen molar-refractivity contribution >= 4 is 21.5 Å². The normalized spacial score (nSPS) is 15.9. The molecule has 0 saturated carbocycles. The summed E-state index contributed by atoms with van der Waals surface area (Å²) in [4.78, 5) is 13.2. The summed E-state index contributed by atoms with van der Waals surface area (Å²) in [5, 5.41) is 0. The van der Waals surface area contributed by atoms with Gasteiger partial charge in [-0.05, 0) is 55.2 Å². The first-order valence-electron chi connectivity index (χ1n) is 9.01. The molecule has 0 amide bonds. The fourth-order valence-electron chi connectivity index (χ4n) is 3.43. The molecular weight excluding hydrogens is 370 g/mol. The second-order valence-electron chi connectivity index (χ2n) is 6.75. The summed E-state index contributed by atoms with van der Waals surface area (Å²) in [6.45, 7) is 7.54. The Hall–Kier alpha value is -2.92. The van der Waals surface area contributed by atoms with Crippen molar-refractivity contribution < 1.29 is 13.2 Å². The molecule has 0 aromatic heterocycles.